The molecule has 0 aromatic heterocycles. The number of carbonyl (C=O) groups excluding carboxylic acids is 1. The maximum Gasteiger partial charge on any atom is 0.251 e. The summed E-state index contributed by atoms with van der Waals surface area (Å²) < 4.78 is 5.79. The van der Waals surface area contributed by atoms with Crippen LogP contribution in [-0.4, -0.2) is 36.5 Å². The van der Waals surface area contributed by atoms with Crippen molar-refractivity contribution in [3.05, 3.63) is 65.7 Å². The first kappa shape index (κ1) is 19.0. The molecule has 2 aromatic rings. The third-order valence-electron chi connectivity index (χ3n) is 4.17. The van der Waals surface area contributed by atoms with Crippen molar-refractivity contribution in [1.82, 2.24) is 10.2 Å². The van der Waals surface area contributed by atoms with Crippen molar-refractivity contribution >= 4 is 5.91 Å². The van der Waals surface area contributed by atoms with Gasteiger partial charge in [-0.15, -0.1) is 0 Å². The quantitative estimate of drug-likeness (QED) is 0.756. The van der Waals surface area contributed by atoms with Gasteiger partial charge in [0.05, 0.1) is 0 Å². The third-order valence-corrected chi connectivity index (χ3v) is 4.17. The smallest absolute Gasteiger partial charge is 0.251 e. The Morgan fingerprint density at radius 3 is 2.56 bits per heavy atom. The zero-order chi connectivity index (χ0) is 18.1. The minimum atomic E-state index is -0.0648. The summed E-state index contributed by atoms with van der Waals surface area (Å²) in [6.45, 7) is 9.43. The fraction of sp³-hybridized carbons (Fsp3) is 0.381. The van der Waals surface area contributed by atoms with E-state index in [2.05, 4.69) is 31.0 Å². The van der Waals surface area contributed by atoms with Crippen molar-refractivity contribution in [2.24, 2.45) is 0 Å². The van der Waals surface area contributed by atoms with Gasteiger partial charge in [0.15, 0.2) is 0 Å². The summed E-state index contributed by atoms with van der Waals surface area (Å²) in [5.74, 6) is 0.638. The summed E-state index contributed by atoms with van der Waals surface area (Å²) in [6.07, 6.45) is 0. The Bertz CT molecular complexity index is 656. The van der Waals surface area contributed by atoms with E-state index in [0.29, 0.717) is 30.5 Å². The molecule has 0 aliphatic heterocycles. The maximum absolute atomic E-state index is 12.3. The number of hydrogen-bond acceptors (Lipinski definition) is 3. The molecule has 0 atom stereocenters. The second-order valence-electron chi connectivity index (χ2n) is 6.28. The van der Waals surface area contributed by atoms with Crippen LogP contribution < -0.4 is 10.1 Å². The molecule has 0 bridgehead atoms. The summed E-state index contributed by atoms with van der Waals surface area (Å²) in [7, 11) is 0. The van der Waals surface area contributed by atoms with Crippen LogP contribution in [0.4, 0.5) is 0 Å². The highest BCUT2D eigenvalue weighted by molar-refractivity contribution is 5.94. The fourth-order valence-corrected chi connectivity index (χ4v) is 2.66. The van der Waals surface area contributed by atoms with Gasteiger partial charge >= 0.3 is 0 Å². The van der Waals surface area contributed by atoms with E-state index < -0.39 is 0 Å². The standard InChI is InChI=1S/C21H28N2O2/c1-4-23(17(2)3)14-13-22-21(24)19-11-8-12-20(15-19)25-16-18-9-6-5-7-10-18/h5-12,15,17H,4,13-14,16H2,1-3H3,(H,22,24). The molecule has 2 rings (SSSR count). The lowest BCUT2D eigenvalue weighted by atomic mass is 10.2. The molecule has 4 nitrogen and oxygen atoms in total. The number of benzene rings is 2. The molecule has 0 fully saturated rings. The molecule has 0 saturated carbocycles. The molecule has 134 valence electrons. The Labute approximate surface area is 150 Å². The number of nitrogens with one attached hydrogen (secondary N) is 1. The van der Waals surface area contributed by atoms with E-state index in [0.717, 1.165) is 18.7 Å². The zero-order valence-corrected chi connectivity index (χ0v) is 15.4. The Balaban J connectivity index is 1.86. The molecule has 2 aromatic carbocycles. The predicted octanol–water partition coefficient (Wildman–Crippen LogP) is 3.73. The van der Waals surface area contributed by atoms with E-state index in [1.807, 2.05) is 48.5 Å². The number of rotatable bonds is 9. The van der Waals surface area contributed by atoms with Crippen LogP contribution in [0.2, 0.25) is 0 Å². The van der Waals surface area contributed by atoms with Crippen LogP contribution in [0.15, 0.2) is 54.6 Å². The van der Waals surface area contributed by atoms with E-state index in [9.17, 15) is 4.79 Å². The lowest BCUT2D eigenvalue weighted by Gasteiger charge is -2.24. The van der Waals surface area contributed by atoms with Crippen LogP contribution in [0.5, 0.6) is 5.75 Å². The van der Waals surface area contributed by atoms with Gasteiger partial charge < -0.3 is 10.1 Å². The highest BCUT2D eigenvalue weighted by atomic mass is 16.5. The summed E-state index contributed by atoms with van der Waals surface area (Å²) in [6, 6.07) is 17.8. The summed E-state index contributed by atoms with van der Waals surface area (Å²) in [5.41, 5.74) is 1.73. The monoisotopic (exact) mass is 340 g/mol. The van der Waals surface area contributed by atoms with E-state index in [1.165, 1.54) is 0 Å². The average molecular weight is 340 g/mol. The Hall–Kier alpha value is -2.33. The van der Waals surface area contributed by atoms with Crippen molar-refractivity contribution in [3.63, 3.8) is 0 Å². The number of likely N-dealkylation sites (N-methyl/N-ethyl adjacent to an activating group) is 1. The van der Waals surface area contributed by atoms with E-state index in [-0.39, 0.29) is 5.91 Å². The second kappa shape index (κ2) is 9.84. The van der Waals surface area contributed by atoms with Crippen LogP contribution in [0.1, 0.15) is 36.7 Å². The Morgan fingerprint density at radius 1 is 1.12 bits per heavy atom. The number of carbonyl (C=O) groups is 1. The fourth-order valence-electron chi connectivity index (χ4n) is 2.66. The number of hydrogen-bond donors (Lipinski definition) is 1. The SMILES string of the molecule is CCN(CCNC(=O)c1cccc(OCc2ccccc2)c1)C(C)C. The van der Waals surface area contributed by atoms with Crippen LogP contribution in [0, 0.1) is 0 Å². The van der Waals surface area contributed by atoms with Gasteiger partial charge in [0.25, 0.3) is 5.91 Å². The van der Waals surface area contributed by atoms with Gasteiger partial charge in [-0.2, -0.15) is 0 Å². The third kappa shape index (κ3) is 6.24. The molecule has 1 amide bonds. The van der Waals surface area contributed by atoms with Gasteiger partial charge in [0.1, 0.15) is 12.4 Å². The molecular weight excluding hydrogens is 312 g/mol. The Kier molecular flexibility index (Phi) is 7.48. The minimum Gasteiger partial charge on any atom is -0.489 e. The maximum atomic E-state index is 12.3. The van der Waals surface area contributed by atoms with Crippen molar-refractivity contribution in [2.75, 3.05) is 19.6 Å². The van der Waals surface area contributed by atoms with Gasteiger partial charge in [0, 0.05) is 24.7 Å². The molecular formula is C21H28N2O2. The Morgan fingerprint density at radius 2 is 1.88 bits per heavy atom. The van der Waals surface area contributed by atoms with Gasteiger partial charge in [-0.3, -0.25) is 9.69 Å². The van der Waals surface area contributed by atoms with Crippen molar-refractivity contribution in [1.29, 1.82) is 0 Å². The number of ether oxygens (including phenoxy) is 1. The molecule has 4 heteroatoms. The number of nitrogens with zero attached hydrogens (tertiary/aromatic N) is 1. The van der Waals surface area contributed by atoms with Gasteiger partial charge in [-0.25, -0.2) is 0 Å². The first-order valence-corrected chi connectivity index (χ1v) is 8.89. The highest BCUT2D eigenvalue weighted by Gasteiger charge is 2.09. The molecule has 1 N–H and O–H groups in total. The molecule has 0 radical (unpaired) electrons. The van der Waals surface area contributed by atoms with Gasteiger partial charge in [-0.1, -0.05) is 43.3 Å². The van der Waals surface area contributed by atoms with Crippen LogP contribution in [0.3, 0.4) is 0 Å². The number of amides is 1. The lowest BCUT2D eigenvalue weighted by molar-refractivity contribution is 0.0945. The van der Waals surface area contributed by atoms with Crippen LogP contribution >= 0.6 is 0 Å². The predicted molar refractivity (Wildman–Crippen MR) is 102 cm³/mol. The van der Waals surface area contributed by atoms with E-state index in [4.69, 9.17) is 4.74 Å². The summed E-state index contributed by atoms with van der Waals surface area (Å²) in [4.78, 5) is 14.6. The summed E-state index contributed by atoms with van der Waals surface area (Å²) in [5, 5.41) is 2.98. The van der Waals surface area contributed by atoms with E-state index >= 15 is 0 Å². The summed E-state index contributed by atoms with van der Waals surface area (Å²) >= 11 is 0. The average Bonchev–Trinajstić information content (AvgIpc) is 2.64. The van der Waals surface area contributed by atoms with Crippen LogP contribution in [-0.2, 0) is 6.61 Å². The lowest BCUT2D eigenvalue weighted by Crippen LogP contribution is -2.38. The zero-order valence-electron chi connectivity index (χ0n) is 15.4. The molecule has 0 aliphatic carbocycles. The largest absolute Gasteiger partial charge is 0.489 e. The molecule has 25 heavy (non-hydrogen) atoms. The van der Waals surface area contributed by atoms with Gasteiger partial charge in [0.2, 0.25) is 0 Å². The second-order valence-corrected chi connectivity index (χ2v) is 6.28. The first-order chi connectivity index (χ1) is 12.1. The normalized spacial score (nSPS) is 10.9. The highest BCUT2D eigenvalue weighted by Crippen LogP contribution is 2.15. The van der Waals surface area contributed by atoms with Crippen molar-refractivity contribution in [3.8, 4) is 5.75 Å². The molecule has 0 unspecified atom stereocenters. The first-order valence-electron chi connectivity index (χ1n) is 8.89. The van der Waals surface area contributed by atoms with E-state index in [1.54, 1.807) is 6.07 Å². The molecule has 0 saturated heterocycles. The van der Waals surface area contributed by atoms with Crippen LogP contribution in [0.25, 0.3) is 0 Å². The van der Waals surface area contributed by atoms with Gasteiger partial charge in [-0.05, 0) is 44.2 Å². The minimum absolute atomic E-state index is 0.0648. The molecule has 0 spiro atoms. The molecule has 0 aliphatic rings. The topological polar surface area (TPSA) is 41.6 Å². The van der Waals surface area contributed by atoms with Crippen molar-refractivity contribution < 1.29 is 9.53 Å². The molecule has 0 heterocycles. The van der Waals surface area contributed by atoms with Crippen molar-refractivity contribution in [2.45, 2.75) is 33.4 Å².